The van der Waals surface area contributed by atoms with Crippen LogP contribution in [0.3, 0.4) is 0 Å². The molecule has 0 spiro atoms. The van der Waals surface area contributed by atoms with E-state index in [0.29, 0.717) is 21.6 Å². The van der Waals surface area contributed by atoms with E-state index in [-0.39, 0.29) is 23.7 Å². The Hall–Kier alpha value is -3.11. The van der Waals surface area contributed by atoms with Crippen LogP contribution in [0.15, 0.2) is 47.5 Å². The first kappa shape index (κ1) is 21.6. The molecule has 2 amide bonds. The summed E-state index contributed by atoms with van der Waals surface area (Å²) in [7, 11) is 3.06. The Labute approximate surface area is 181 Å². The van der Waals surface area contributed by atoms with E-state index in [2.05, 4.69) is 10.3 Å². The first-order valence-electron chi connectivity index (χ1n) is 8.70. The topological polar surface area (TPSA) is 114 Å². The lowest BCUT2D eigenvalue weighted by molar-refractivity contribution is -0.383. The second-order valence-corrected chi connectivity index (χ2v) is 7.85. The highest BCUT2D eigenvalue weighted by molar-refractivity contribution is 8.15. The molecule has 1 fully saturated rings. The summed E-state index contributed by atoms with van der Waals surface area (Å²) in [6.07, 6.45) is -0.161. The summed E-state index contributed by atoms with van der Waals surface area (Å²) >= 11 is 7.15. The van der Waals surface area contributed by atoms with E-state index in [0.717, 1.165) is 11.8 Å². The third-order valence-corrected chi connectivity index (χ3v) is 5.71. The zero-order valence-electron chi connectivity index (χ0n) is 16.0. The summed E-state index contributed by atoms with van der Waals surface area (Å²) < 4.78 is 5.26. The Morgan fingerprint density at radius 3 is 2.80 bits per heavy atom. The van der Waals surface area contributed by atoms with Gasteiger partial charge in [-0.1, -0.05) is 35.5 Å². The SMILES string of the molecule is COc1ccc(Cl)cc1N=C1S[C@H](CC(=O)Nc2ccccc2[N+](=O)[O-])C(=O)N1C. The van der Waals surface area contributed by atoms with Gasteiger partial charge in [0.15, 0.2) is 5.17 Å². The molecule has 0 bridgehead atoms. The molecule has 11 heteroatoms. The van der Waals surface area contributed by atoms with Crippen molar-refractivity contribution < 1.29 is 19.2 Å². The van der Waals surface area contributed by atoms with Crippen LogP contribution in [-0.2, 0) is 9.59 Å². The highest BCUT2D eigenvalue weighted by Crippen LogP contribution is 2.35. The first-order valence-corrected chi connectivity index (χ1v) is 9.95. The van der Waals surface area contributed by atoms with Crippen LogP contribution in [0.25, 0.3) is 0 Å². The summed E-state index contributed by atoms with van der Waals surface area (Å²) in [4.78, 5) is 41.3. The van der Waals surface area contributed by atoms with Crippen molar-refractivity contribution in [3.05, 3.63) is 57.6 Å². The van der Waals surface area contributed by atoms with Crippen LogP contribution in [0.1, 0.15) is 6.42 Å². The zero-order valence-corrected chi connectivity index (χ0v) is 17.6. The number of methoxy groups -OCH3 is 1. The molecule has 1 N–H and O–H groups in total. The Bertz CT molecular complexity index is 1050. The standard InChI is InChI=1S/C19H17ClN4O5S/c1-23-18(26)16(10-17(25)21-12-5-3-4-6-14(12)24(27)28)30-19(23)22-13-9-11(20)7-8-15(13)29-2/h3-9,16H,10H2,1-2H3,(H,21,25)/t16-/m1/s1. The highest BCUT2D eigenvalue weighted by atomic mass is 35.5. The molecule has 0 aliphatic carbocycles. The third kappa shape index (κ3) is 4.71. The van der Waals surface area contributed by atoms with E-state index in [4.69, 9.17) is 16.3 Å². The van der Waals surface area contributed by atoms with Gasteiger partial charge in [0.05, 0.1) is 12.0 Å². The predicted octanol–water partition coefficient (Wildman–Crippen LogP) is 3.85. The molecule has 156 valence electrons. The van der Waals surface area contributed by atoms with E-state index in [1.807, 2.05) is 0 Å². The van der Waals surface area contributed by atoms with Crippen molar-refractivity contribution in [3.63, 3.8) is 0 Å². The molecule has 2 aromatic carbocycles. The molecule has 0 aromatic heterocycles. The zero-order chi connectivity index (χ0) is 21.8. The van der Waals surface area contributed by atoms with Crippen molar-refractivity contribution in [2.75, 3.05) is 19.5 Å². The molecule has 1 aliphatic rings. The largest absolute Gasteiger partial charge is 0.494 e. The molecule has 0 unspecified atom stereocenters. The molecule has 1 atom stereocenters. The highest BCUT2D eigenvalue weighted by Gasteiger charge is 2.37. The van der Waals surface area contributed by atoms with Gasteiger partial charge in [-0.05, 0) is 24.3 Å². The average molecular weight is 449 g/mol. The van der Waals surface area contributed by atoms with Gasteiger partial charge in [-0.3, -0.25) is 24.6 Å². The lowest BCUT2D eigenvalue weighted by Crippen LogP contribution is -2.30. The number of rotatable bonds is 6. The number of nitrogens with one attached hydrogen (secondary N) is 1. The Morgan fingerprint density at radius 2 is 2.10 bits per heavy atom. The minimum absolute atomic E-state index is 0.0776. The van der Waals surface area contributed by atoms with E-state index in [9.17, 15) is 19.7 Å². The van der Waals surface area contributed by atoms with Gasteiger partial charge >= 0.3 is 0 Å². The number of para-hydroxylation sites is 2. The van der Waals surface area contributed by atoms with Gasteiger partial charge in [0.2, 0.25) is 11.8 Å². The van der Waals surface area contributed by atoms with Crippen molar-refractivity contribution in [2.45, 2.75) is 11.7 Å². The number of hydrogen-bond donors (Lipinski definition) is 1. The quantitative estimate of drug-likeness (QED) is 0.530. The molecular formula is C19H17ClN4O5S. The van der Waals surface area contributed by atoms with Gasteiger partial charge in [-0.2, -0.15) is 0 Å². The Morgan fingerprint density at radius 1 is 1.37 bits per heavy atom. The fourth-order valence-electron chi connectivity index (χ4n) is 2.76. The van der Waals surface area contributed by atoms with E-state index >= 15 is 0 Å². The normalized spacial score (nSPS) is 17.3. The van der Waals surface area contributed by atoms with Crippen molar-refractivity contribution in [1.82, 2.24) is 4.90 Å². The number of carbonyl (C=O) groups is 2. The molecule has 2 aromatic rings. The number of amides is 2. The number of aliphatic imine (C=N–C) groups is 1. The second kappa shape index (κ2) is 9.14. The van der Waals surface area contributed by atoms with Crippen LogP contribution in [0.2, 0.25) is 5.02 Å². The van der Waals surface area contributed by atoms with Gasteiger partial charge in [0, 0.05) is 24.6 Å². The second-order valence-electron chi connectivity index (χ2n) is 6.24. The Kier molecular flexibility index (Phi) is 6.58. The van der Waals surface area contributed by atoms with E-state index < -0.39 is 16.1 Å². The fraction of sp³-hybridized carbons (Fsp3) is 0.211. The van der Waals surface area contributed by atoms with Crippen molar-refractivity contribution in [2.24, 2.45) is 4.99 Å². The maximum atomic E-state index is 12.6. The van der Waals surface area contributed by atoms with E-state index in [1.54, 1.807) is 31.3 Å². The summed E-state index contributed by atoms with van der Waals surface area (Å²) in [5.74, 6) is -0.312. The van der Waals surface area contributed by atoms with Gasteiger partial charge < -0.3 is 10.1 Å². The number of anilines is 1. The van der Waals surface area contributed by atoms with Crippen LogP contribution in [0.4, 0.5) is 17.1 Å². The molecule has 9 nitrogen and oxygen atoms in total. The lowest BCUT2D eigenvalue weighted by atomic mass is 10.2. The molecule has 30 heavy (non-hydrogen) atoms. The Balaban J connectivity index is 1.75. The van der Waals surface area contributed by atoms with Crippen LogP contribution in [-0.4, -0.2) is 46.2 Å². The number of nitro benzene ring substituents is 1. The molecule has 1 aliphatic heterocycles. The van der Waals surface area contributed by atoms with Gasteiger partial charge in [-0.25, -0.2) is 4.99 Å². The minimum Gasteiger partial charge on any atom is -0.494 e. The number of thioether (sulfide) groups is 1. The molecule has 3 rings (SSSR count). The summed E-state index contributed by atoms with van der Waals surface area (Å²) in [5, 5.41) is 13.7. The number of nitro groups is 1. The number of benzene rings is 2. The van der Waals surface area contributed by atoms with Crippen LogP contribution >= 0.6 is 23.4 Å². The minimum atomic E-state index is -0.707. The van der Waals surface area contributed by atoms with Gasteiger partial charge in [-0.15, -0.1) is 0 Å². The van der Waals surface area contributed by atoms with Crippen LogP contribution < -0.4 is 10.1 Å². The van der Waals surface area contributed by atoms with Crippen molar-refractivity contribution >= 4 is 57.4 Å². The number of ether oxygens (including phenoxy) is 1. The maximum absolute atomic E-state index is 12.6. The molecule has 1 heterocycles. The molecule has 0 saturated carbocycles. The number of halogens is 1. The first-order chi connectivity index (χ1) is 14.3. The lowest BCUT2D eigenvalue weighted by Gasteiger charge is -2.10. The number of nitrogens with zero attached hydrogens (tertiary/aromatic N) is 3. The molecule has 0 radical (unpaired) electrons. The smallest absolute Gasteiger partial charge is 0.292 e. The molecule has 1 saturated heterocycles. The van der Waals surface area contributed by atoms with Crippen LogP contribution in [0, 0.1) is 10.1 Å². The number of amidine groups is 1. The van der Waals surface area contributed by atoms with Crippen molar-refractivity contribution in [3.8, 4) is 5.75 Å². The fourth-order valence-corrected chi connectivity index (χ4v) is 4.07. The van der Waals surface area contributed by atoms with Crippen molar-refractivity contribution in [1.29, 1.82) is 0 Å². The van der Waals surface area contributed by atoms with Gasteiger partial charge in [0.25, 0.3) is 5.69 Å². The van der Waals surface area contributed by atoms with Crippen LogP contribution in [0.5, 0.6) is 5.75 Å². The number of carbonyl (C=O) groups excluding carboxylic acids is 2. The summed E-state index contributed by atoms with van der Waals surface area (Å²) in [6.45, 7) is 0. The monoisotopic (exact) mass is 448 g/mol. The van der Waals surface area contributed by atoms with E-state index in [1.165, 1.54) is 30.2 Å². The maximum Gasteiger partial charge on any atom is 0.292 e. The molecular weight excluding hydrogens is 432 g/mol. The average Bonchev–Trinajstić information content (AvgIpc) is 2.96. The summed E-state index contributed by atoms with van der Waals surface area (Å²) in [6, 6.07) is 10.8. The predicted molar refractivity (Wildman–Crippen MR) is 116 cm³/mol. The third-order valence-electron chi connectivity index (χ3n) is 4.24. The number of hydrogen-bond acceptors (Lipinski definition) is 7. The van der Waals surface area contributed by atoms with Gasteiger partial charge in [0.1, 0.15) is 22.4 Å². The summed E-state index contributed by atoms with van der Waals surface area (Å²) in [5.41, 5.74) is 0.315.